The number of nitrogens with two attached hydrogens (primary N) is 1. The molecule has 1 heterocycles. The van der Waals surface area contributed by atoms with Crippen LogP contribution in [-0.4, -0.2) is 34.6 Å². The summed E-state index contributed by atoms with van der Waals surface area (Å²) in [6.45, 7) is 3.50. The SMILES string of the molecule is Cl.Nc1cc(S(=O)(=O)Nc2cccc(F)c2)ccc1N1CCCNCC1. The molecule has 0 aliphatic carbocycles. The monoisotopic (exact) mass is 400 g/mol. The molecule has 6 nitrogen and oxygen atoms in total. The van der Waals surface area contributed by atoms with Crippen LogP contribution in [0.25, 0.3) is 0 Å². The lowest BCUT2D eigenvalue weighted by Gasteiger charge is -2.24. The first kappa shape index (κ1) is 20.3. The summed E-state index contributed by atoms with van der Waals surface area (Å²) in [7, 11) is -3.83. The van der Waals surface area contributed by atoms with Gasteiger partial charge >= 0.3 is 0 Å². The molecule has 0 bridgehead atoms. The zero-order valence-corrected chi connectivity index (χ0v) is 15.7. The van der Waals surface area contributed by atoms with Crippen molar-refractivity contribution in [2.24, 2.45) is 0 Å². The average molecular weight is 401 g/mol. The Balaban J connectivity index is 0.00000243. The lowest BCUT2D eigenvalue weighted by atomic mass is 10.2. The molecule has 0 radical (unpaired) electrons. The molecule has 0 aromatic heterocycles. The summed E-state index contributed by atoms with van der Waals surface area (Å²) in [5.74, 6) is -0.509. The minimum Gasteiger partial charge on any atom is -0.397 e. The number of sulfonamides is 1. The topological polar surface area (TPSA) is 87.5 Å². The van der Waals surface area contributed by atoms with Gasteiger partial charge in [-0.25, -0.2) is 12.8 Å². The lowest BCUT2D eigenvalue weighted by Crippen LogP contribution is -2.28. The van der Waals surface area contributed by atoms with Gasteiger partial charge in [0.15, 0.2) is 0 Å². The average Bonchev–Trinajstić information content (AvgIpc) is 2.83. The van der Waals surface area contributed by atoms with E-state index in [1.165, 1.54) is 30.3 Å². The van der Waals surface area contributed by atoms with Crippen LogP contribution in [0.2, 0.25) is 0 Å². The van der Waals surface area contributed by atoms with Gasteiger partial charge in [-0.05, 0) is 49.4 Å². The van der Waals surface area contributed by atoms with Crippen molar-refractivity contribution < 1.29 is 12.8 Å². The van der Waals surface area contributed by atoms with Crippen LogP contribution in [0.15, 0.2) is 47.4 Å². The van der Waals surface area contributed by atoms with Crippen molar-refractivity contribution in [2.75, 3.05) is 41.5 Å². The van der Waals surface area contributed by atoms with Crippen molar-refractivity contribution in [3.63, 3.8) is 0 Å². The fourth-order valence-electron chi connectivity index (χ4n) is 2.84. The van der Waals surface area contributed by atoms with Crippen molar-refractivity contribution >= 4 is 39.5 Å². The van der Waals surface area contributed by atoms with E-state index >= 15 is 0 Å². The van der Waals surface area contributed by atoms with Crippen molar-refractivity contribution in [1.29, 1.82) is 0 Å². The molecule has 1 aliphatic rings. The van der Waals surface area contributed by atoms with Crippen molar-refractivity contribution in [3.05, 3.63) is 48.3 Å². The molecule has 0 saturated carbocycles. The van der Waals surface area contributed by atoms with E-state index in [9.17, 15) is 12.8 Å². The van der Waals surface area contributed by atoms with Crippen LogP contribution >= 0.6 is 12.4 Å². The molecular weight excluding hydrogens is 379 g/mol. The van der Waals surface area contributed by atoms with Gasteiger partial charge in [0.1, 0.15) is 5.82 Å². The molecule has 1 saturated heterocycles. The first-order chi connectivity index (χ1) is 12.0. The maximum absolute atomic E-state index is 13.2. The van der Waals surface area contributed by atoms with E-state index in [1.54, 1.807) is 6.07 Å². The number of benzene rings is 2. The van der Waals surface area contributed by atoms with E-state index in [1.807, 2.05) is 0 Å². The third-order valence-corrected chi connectivity index (χ3v) is 5.45. The Morgan fingerprint density at radius 1 is 1.12 bits per heavy atom. The molecule has 1 fully saturated rings. The van der Waals surface area contributed by atoms with Crippen LogP contribution < -0.4 is 20.7 Å². The summed E-state index contributed by atoms with van der Waals surface area (Å²) in [4.78, 5) is 2.19. The quantitative estimate of drug-likeness (QED) is 0.686. The van der Waals surface area contributed by atoms with E-state index in [0.29, 0.717) is 5.69 Å². The smallest absolute Gasteiger partial charge is 0.261 e. The minimum absolute atomic E-state index is 0. The van der Waals surface area contributed by atoms with Gasteiger partial charge in [-0.2, -0.15) is 0 Å². The molecule has 0 atom stereocenters. The Hall–Kier alpha value is -2.03. The Morgan fingerprint density at radius 2 is 1.92 bits per heavy atom. The number of nitrogen functional groups attached to an aromatic ring is 1. The highest BCUT2D eigenvalue weighted by Gasteiger charge is 2.18. The number of hydrogen-bond donors (Lipinski definition) is 3. The molecule has 26 heavy (non-hydrogen) atoms. The molecule has 0 spiro atoms. The highest BCUT2D eigenvalue weighted by molar-refractivity contribution is 7.92. The Kier molecular flexibility index (Phi) is 6.69. The predicted octanol–water partition coefficient (Wildman–Crippen LogP) is 2.43. The molecule has 2 aromatic rings. The molecule has 3 rings (SSSR count). The fourth-order valence-corrected chi connectivity index (χ4v) is 3.92. The number of hydrogen-bond acceptors (Lipinski definition) is 5. The summed E-state index contributed by atoms with van der Waals surface area (Å²) >= 11 is 0. The highest BCUT2D eigenvalue weighted by Crippen LogP contribution is 2.27. The molecule has 4 N–H and O–H groups in total. The van der Waals surface area contributed by atoms with E-state index in [4.69, 9.17) is 5.73 Å². The fraction of sp³-hybridized carbons (Fsp3) is 0.294. The van der Waals surface area contributed by atoms with Crippen LogP contribution in [0.3, 0.4) is 0 Å². The Bertz CT molecular complexity index is 856. The van der Waals surface area contributed by atoms with Crippen LogP contribution in [0.4, 0.5) is 21.5 Å². The first-order valence-corrected chi connectivity index (χ1v) is 9.57. The molecular formula is C17H22ClFN4O2S. The molecule has 0 unspecified atom stereocenters. The summed E-state index contributed by atoms with van der Waals surface area (Å²) in [6.07, 6.45) is 1.00. The van der Waals surface area contributed by atoms with Crippen LogP contribution in [-0.2, 0) is 10.0 Å². The molecule has 1 aliphatic heterocycles. The van der Waals surface area contributed by atoms with Crippen LogP contribution in [0.1, 0.15) is 6.42 Å². The molecule has 142 valence electrons. The maximum Gasteiger partial charge on any atom is 0.261 e. The first-order valence-electron chi connectivity index (χ1n) is 8.09. The molecule has 9 heteroatoms. The van der Waals surface area contributed by atoms with Gasteiger partial charge in [-0.1, -0.05) is 6.07 Å². The predicted molar refractivity (Wildman–Crippen MR) is 105 cm³/mol. The Labute approximate surface area is 159 Å². The third-order valence-electron chi connectivity index (χ3n) is 4.07. The number of rotatable bonds is 4. The summed E-state index contributed by atoms with van der Waals surface area (Å²) in [5, 5.41) is 3.31. The van der Waals surface area contributed by atoms with Gasteiger partial charge in [0, 0.05) is 19.6 Å². The summed E-state index contributed by atoms with van der Waals surface area (Å²) < 4.78 is 40.6. The largest absolute Gasteiger partial charge is 0.397 e. The molecule has 2 aromatic carbocycles. The van der Waals surface area contributed by atoms with Gasteiger partial charge in [0.25, 0.3) is 10.0 Å². The van der Waals surface area contributed by atoms with Crippen molar-refractivity contribution in [3.8, 4) is 0 Å². The van der Waals surface area contributed by atoms with E-state index in [-0.39, 0.29) is 23.0 Å². The number of nitrogens with one attached hydrogen (secondary N) is 2. The van der Waals surface area contributed by atoms with Gasteiger partial charge in [0.05, 0.1) is 22.0 Å². The Morgan fingerprint density at radius 3 is 2.65 bits per heavy atom. The highest BCUT2D eigenvalue weighted by atomic mass is 35.5. The number of anilines is 3. The van der Waals surface area contributed by atoms with Gasteiger partial charge in [-0.3, -0.25) is 4.72 Å². The minimum atomic E-state index is -3.83. The van der Waals surface area contributed by atoms with E-state index in [0.717, 1.165) is 44.4 Å². The third kappa shape index (κ3) is 4.78. The van der Waals surface area contributed by atoms with E-state index < -0.39 is 15.8 Å². The van der Waals surface area contributed by atoms with Crippen molar-refractivity contribution in [2.45, 2.75) is 11.3 Å². The second-order valence-electron chi connectivity index (χ2n) is 5.93. The van der Waals surface area contributed by atoms with Gasteiger partial charge in [0.2, 0.25) is 0 Å². The number of nitrogens with zero attached hydrogens (tertiary/aromatic N) is 1. The van der Waals surface area contributed by atoms with Crippen LogP contribution in [0.5, 0.6) is 0 Å². The normalized spacial score (nSPS) is 15.0. The second kappa shape index (κ2) is 8.57. The lowest BCUT2D eigenvalue weighted by molar-refractivity contribution is 0.601. The van der Waals surface area contributed by atoms with E-state index in [2.05, 4.69) is 14.9 Å². The van der Waals surface area contributed by atoms with Crippen LogP contribution in [0, 0.1) is 5.82 Å². The van der Waals surface area contributed by atoms with Crippen molar-refractivity contribution in [1.82, 2.24) is 5.32 Å². The molecule has 0 amide bonds. The summed E-state index contributed by atoms with van der Waals surface area (Å²) in [5.41, 5.74) is 7.50. The second-order valence-corrected chi connectivity index (χ2v) is 7.61. The zero-order chi connectivity index (χ0) is 17.9. The van der Waals surface area contributed by atoms with Gasteiger partial charge < -0.3 is 16.0 Å². The standard InChI is InChI=1S/C17H21FN4O2S.ClH/c18-13-3-1-4-14(11-13)21-25(23,24)15-5-6-17(16(19)12-15)22-9-2-7-20-8-10-22;/h1,3-6,11-12,20-21H,2,7-10,19H2;1H. The van der Waals surface area contributed by atoms with Gasteiger partial charge in [-0.15, -0.1) is 12.4 Å². The summed E-state index contributed by atoms with van der Waals surface area (Å²) in [6, 6.07) is 9.99. The maximum atomic E-state index is 13.2. The number of halogens is 2. The zero-order valence-electron chi connectivity index (χ0n) is 14.1.